The fourth-order valence-corrected chi connectivity index (χ4v) is 2.23. The predicted octanol–water partition coefficient (Wildman–Crippen LogP) is 2.19. The van der Waals surface area contributed by atoms with Crippen molar-refractivity contribution >= 4 is 17.6 Å². The lowest BCUT2D eigenvalue weighted by atomic mass is 10.2. The first kappa shape index (κ1) is 20.2. The second-order valence-corrected chi connectivity index (χ2v) is 5.73. The molecule has 0 heterocycles. The molecule has 144 valence electrons. The van der Waals surface area contributed by atoms with Crippen molar-refractivity contribution in [1.82, 2.24) is 15.7 Å². The SMILES string of the molecule is CCN(OCc1ccccc1F)C(=O)CNC(=O)NCc1ccc(N)cc1. The molecule has 2 rings (SSSR count). The van der Waals surface area contributed by atoms with E-state index in [4.69, 9.17) is 10.6 Å². The standard InChI is InChI=1S/C19H23FN4O3/c1-2-24(27-13-15-5-3-4-6-17(15)20)18(25)12-23-19(26)22-11-14-7-9-16(21)10-8-14/h3-10H,2,11-13,21H2,1H3,(H2,22,23,26). The van der Waals surface area contributed by atoms with Crippen molar-refractivity contribution in [2.75, 3.05) is 18.8 Å². The molecule has 0 aliphatic rings. The highest BCUT2D eigenvalue weighted by Crippen LogP contribution is 2.09. The summed E-state index contributed by atoms with van der Waals surface area (Å²) in [6.07, 6.45) is 0. The van der Waals surface area contributed by atoms with Gasteiger partial charge in [0.2, 0.25) is 0 Å². The van der Waals surface area contributed by atoms with E-state index in [0.717, 1.165) is 10.6 Å². The maximum absolute atomic E-state index is 13.6. The number of carbonyl (C=O) groups is 2. The third-order valence-electron chi connectivity index (χ3n) is 3.73. The second kappa shape index (κ2) is 10.1. The van der Waals surface area contributed by atoms with Crippen LogP contribution in [-0.2, 0) is 22.8 Å². The summed E-state index contributed by atoms with van der Waals surface area (Å²) in [7, 11) is 0. The lowest BCUT2D eigenvalue weighted by Crippen LogP contribution is -2.43. The highest BCUT2D eigenvalue weighted by Gasteiger charge is 2.14. The van der Waals surface area contributed by atoms with Gasteiger partial charge in [-0.2, -0.15) is 0 Å². The van der Waals surface area contributed by atoms with E-state index in [1.165, 1.54) is 6.07 Å². The molecule has 0 bridgehead atoms. The van der Waals surface area contributed by atoms with Crippen LogP contribution in [0.15, 0.2) is 48.5 Å². The molecule has 0 aromatic heterocycles. The number of rotatable bonds is 8. The van der Waals surface area contributed by atoms with Crippen LogP contribution in [0.25, 0.3) is 0 Å². The molecule has 0 saturated carbocycles. The molecule has 0 spiro atoms. The first-order valence-electron chi connectivity index (χ1n) is 8.52. The molecule has 0 unspecified atom stereocenters. The monoisotopic (exact) mass is 374 g/mol. The molecule has 2 aromatic carbocycles. The van der Waals surface area contributed by atoms with Crippen LogP contribution in [0.1, 0.15) is 18.1 Å². The average Bonchev–Trinajstić information content (AvgIpc) is 2.67. The van der Waals surface area contributed by atoms with Gasteiger partial charge in [-0.15, -0.1) is 0 Å². The maximum atomic E-state index is 13.6. The first-order chi connectivity index (χ1) is 13.0. The molecular weight excluding hydrogens is 351 g/mol. The Balaban J connectivity index is 1.74. The van der Waals surface area contributed by atoms with Gasteiger partial charge in [-0.3, -0.25) is 9.63 Å². The summed E-state index contributed by atoms with van der Waals surface area (Å²) >= 11 is 0. The molecule has 7 nitrogen and oxygen atoms in total. The lowest BCUT2D eigenvalue weighted by molar-refractivity contribution is -0.189. The van der Waals surface area contributed by atoms with E-state index < -0.39 is 17.8 Å². The fourth-order valence-electron chi connectivity index (χ4n) is 2.23. The van der Waals surface area contributed by atoms with Gasteiger partial charge in [0.15, 0.2) is 0 Å². The summed E-state index contributed by atoms with van der Waals surface area (Å²) in [6.45, 7) is 1.98. The van der Waals surface area contributed by atoms with E-state index in [-0.39, 0.29) is 19.7 Å². The number of nitrogens with zero attached hydrogens (tertiary/aromatic N) is 1. The van der Waals surface area contributed by atoms with Gasteiger partial charge in [0.1, 0.15) is 19.0 Å². The predicted molar refractivity (Wildman–Crippen MR) is 99.7 cm³/mol. The van der Waals surface area contributed by atoms with Crippen LogP contribution in [0, 0.1) is 5.82 Å². The van der Waals surface area contributed by atoms with E-state index >= 15 is 0 Å². The van der Waals surface area contributed by atoms with E-state index in [1.54, 1.807) is 49.4 Å². The smallest absolute Gasteiger partial charge is 0.315 e. The molecule has 0 radical (unpaired) electrons. The molecule has 0 atom stereocenters. The summed E-state index contributed by atoms with van der Waals surface area (Å²) in [6, 6.07) is 12.8. The third kappa shape index (κ3) is 6.59. The molecule has 0 saturated heterocycles. The van der Waals surface area contributed by atoms with Gasteiger partial charge in [0.05, 0.1) is 0 Å². The molecular formula is C19H23FN4O3. The van der Waals surface area contributed by atoms with Gasteiger partial charge in [-0.1, -0.05) is 30.3 Å². The molecule has 0 aliphatic heterocycles. The number of carbonyl (C=O) groups excluding carboxylic acids is 2. The van der Waals surface area contributed by atoms with Crippen molar-refractivity contribution in [3.8, 4) is 0 Å². The van der Waals surface area contributed by atoms with Gasteiger partial charge >= 0.3 is 6.03 Å². The van der Waals surface area contributed by atoms with Gasteiger partial charge < -0.3 is 16.4 Å². The number of hydrogen-bond donors (Lipinski definition) is 3. The Labute approximate surface area is 157 Å². The maximum Gasteiger partial charge on any atom is 0.315 e. The molecule has 0 fully saturated rings. The van der Waals surface area contributed by atoms with E-state index in [0.29, 0.717) is 17.8 Å². The average molecular weight is 374 g/mol. The zero-order chi connectivity index (χ0) is 19.6. The highest BCUT2D eigenvalue weighted by molar-refractivity contribution is 5.83. The molecule has 2 aromatic rings. The third-order valence-corrected chi connectivity index (χ3v) is 3.73. The largest absolute Gasteiger partial charge is 0.399 e. The zero-order valence-electron chi connectivity index (χ0n) is 15.1. The van der Waals surface area contributed by atoms with Crippen molar-refractivity contribution in [3.63, 3.8) is 0 Å². The summed E-state index contributed by atoms with van der Waals surface area (Å²) in [5, 5.41) is 6.20. The molecule has 27 heavy (non-hydrogen) atoms. The van der Waals surface area contributed by atoms with Crippen LogP contribution in [-0.4, -0.2) is 30.1 Å². The van der Waals surface area contributed by atoms with E-state index in [9.17, 15) is 14.0 Å². The molecule has 0 aliphatic carbocycles. The minimum absolute atomic E-state index is 0.0738. The van der Waals surface area contributed by atoms with Crippen LogP contribution in [0.3, 0.4) is 0 Å². The van der Waals surface area contributed by atoms with E-state index in [1.807, 2.05) is 0 Å². The fraction of sp³-hybridized carbons (Fsp3) is 0.263. The number of urea groups is 1. The minimum atomic E-state index is -0.481. The highest BCUT2D eigenvalue weighted by atomic mass is 19.1. The van der Waals surface area contributed by atoms with Gasteiger partial charge in [0, 0.05) is 24.3 Å². The Hall–Kier alpha value is -3.13. The molecule has 3 amide bonds. The number of hydroxylamine groups is 2. The minimum Gasteiger partial charge on any atom is -0.399 e. The van der Waals surface area contributed by atoms with Crippen LogP contribution in [0.5, 0.6) is 0 Å². The number of amides is 3. The van der Waals surface area contributed by atoms with Crippen molar-refractivity contribution in [2.45, 2.75) is 20.1 Å². The van der Waals surface area contributed by atoms with Crippen LogP contribution in [0.4, 0.5) is 14.9 Å². The number of halogens is 1. The van der Waals surface area contributed by atoms with Gasteiger partial charge in [0.25, 0.3) is 5.91 Å². The number of hydrogen-bond acceptors (Lipinski definition) is 4. The quantitative estimate of drug-likeness (QED) is 0.487. The summed E-state index contributed by atoms with van der Waals surface area (Å²) in [5.41, 5.74) is 7.47. The topological polar surface area (TPSA) is 96.7 Å². The normalized spacial score (nSPS) is 10.3. The summed E-state index contributed by atoms with van der Waals surface area (Å²) in [4.78, 5) is 29.3. The van der Waals surface area contributed by atoms with Crippen molar-refractivity contribution in [3.05, 3.63) is 65.5 Å². The Morgan fingerprint density at radius 1 is 1.11 bits per heavy atom. The van der Waals surface area contributed by atoms with Gasteiger partial charge in [-0.05, 0) is 30.7 Å². The van der Waals surface area contributed by atoms with Crippen LogP contribution < -0.4 is 16.4 Å². The van der Waals surface area contributed by atoms with Crippen molar-refractivity contribution in [2.24, 2.45) is 0 Å². The van der Waals surface area contributed by atoms with Crippen LogP contribution in [0.2, 0.25) is 0 Å². The number of benzene rings is 2. The van der Waals surface area contributed by atoms with Crippen molar-refractivity contribution < 1.29 is 18.8 Å². The zero-order valence-corrected chi connectivity index (χ0v) is 15.1. The number of nitrogen functional groups attached to an aromatic ring is 1. The van der Waals surface area contributed by atoms with Gasteiger partial charge in [-0.25, -0.2) is 14.2 Å². The van der Waals surface area contributed by atoms with Crippen LogP contribution >= 0.6 is 0 Å². The Morgan fingerprint density at radius 2 is 1.81 bits per heavy atom. The molecule has 8 heteroatoms. The number of nitrogens with one attached hydrogen (secondary N) is 2. The summed E-state index contributed by atoms with van der Waals surface area (Å²) in [5.74, 6) is -0.836. The Kier molecular flexibility index (Phi) is 7.57. The lowest BCUT2D eigenvalue weighted by Gasteiger charge is -2.20. The number of nitrogens with two attached hydrogens (primary N) is 1. The number of anilines is 1. The Morgan fingerprint density at radius 3 is 2.48 bits per heavy atom. The first-order valence-corrected chi connectivity index (χ1v) is 8.52. The summed E-state index contributed by atoms with van der Waals surface area (Å²) < 4.78 is 13.6. The Bertz CT molecular complexity index is 768. The second-order valence-electron chi connectivity index (χ2n) is 5.73. The number of likely N-dealkylation sites (N-methyl/N-ethyl adjacent to an activating group) is 1. The van der Waals surface area contributed by atoms with Crippen molar-refractivity contribution in [1.29, 1.82) is 0 Å². The molecule has 4 N–H and O–H groups in total. The van der Waals surface area contributed by atoms with E-state index in [2.05, 4.69) is 10.6 Å².